The van der Waals surface area contributed by atoms with Gasteiger partial charge in [-0.05, 0) is 59.9 Å². The number of benzene rings is 3. The highest BCUT2D eigenvalue weighted by molar-refractivity contribution is 7.83. The van der Waals surface area contributed by atoms with Gasteiger partial charge < -0.3 is 14.8 Å². The van der Waals surface area contributed by atoms with Crippen LogP contribution in [-0.4, -0.2) is 39.3 Å². The van der Waals surface area contributed by atoms with E-state index in [1.807, 2.05) is 60.8 Å². The molecule has 2 heterocycles. The number of aromatic nitrogens is 1. The Bertz CT molecular complexity index is 1390. The molecule has 0 bridgehead atoms. The summed E-state index contributed by atoms with van der Waals surface area (Å²) < 4.78 is 22.4. The van der Waals surface area contributed by atoms with Crippen LogP contribution in [0, 0.1) is 0 Å². The minimum atomic E-state index is -1.60. The number of aliphatic hydroxyl groups is 1. The Kier molecular flexibility index (Phi) is 6.32. The van der Waals surface area contributed by atoms with Gasteiger partial charge in [-0.15, -0.1) is 0 Å². The van der Waals surface area contributed by atoms with E-state index in [0.717, 1.165) is 39.6 Å². The summed E-state index contributed by atoms with van der Waals surface area (Å²) in [6.45, 7) is 1.92. The van der Waals surface area contributed by atoms with Crippen molar-refractivity contribution < 1.29 is 18.8 Å². The number of nitrogens with one attached hydrogen (secondary N) is 2. The summed E-state index contributed by atoms with van der Waals surface area (Å²) in [6.07, 6.45) is 3.19. The molecule has 0 aliphatic carbocycles. The molecule has 1 aliphatic rings. The summed E-state index contributed by atoms with van der Waals surface area (Å²) in [5.41, 5.74) is 5.48. The third-order valence-electron chi connectivity index (χ3n) is 6.19. The van der Waals surface area contributed by atoms with Crippen LogP contribution in [0.25, 0.3) is 22.0 Å². The largest absolute Gasteiger partial charge is 0.492 e. The Morgan fingerprint density at radius 1 is 1.15 bits per heavy atom. The number of hydrogen-bond donors (Lipinski definition) is 3. The summed E-state index contributed by atoms with van der Waals surface area (Å²) in [7, 11) is -1.60. The summed E-state index contributed by atoms with van der Waals surface area (Å²) in [6, 6.07) is 18.9. The number of ketones is 1. The lowest BCUT2D eigenvalue weighted by molar-refractivity contribution is 0.101. The molecule has 7 heteroatoms. The Morgan fingerprint density at radius 2 is 2.00 bits per heavy atom. The highest BCUT2D eigenvalue weighted by Crippen LogP contribution is 2.36. The first-order valence-electron chi connectivity index (χ1n) is 11.3. The second-order valence-electron chi connectivity index (χ2n) is 8.53. The maximum atomic E-state index is 13.5. The molecular weight excluding hydrogens is 448 g/mol. The van der Waals surface area contributed by atoms with Crippen molar-refractivity contribution in [1.82, 2.24) is 9.71 Å². The number of aliphatic hydroxyl groups excluding tert-OH is 1. The highest BCUT2D eigenvalue weighted by atomic mass is 32.2. The molecule has 5 rings (SSSR count). The number of carbonyl (C=O) groups excluding carboxylic acids is 1. The summed E-state index contributed by atoms with van der Waals surface area (Å²) in [5.74, 6) is 0.640. The average molecular weight is 475 g/mol. The Labute approximate surface area is 200 Å². The van der Waals surface area contributed by atoms with Crippen LogP contribution >= 0.6 is 0 Å². The maximum Gasteiger partial charge on any atom is 0.159 e. The fourth-order valence-corrected chi connectivity index (χ4v) is 5.60. The van der Waals surface area contributed by atoms with Crippen LogP contribution in [0.5, 0.6) is 5.75 Å². The summed E-state index contributed by atoms with van der Waals surface area (Å²) in [4.78, 5) is 15.7. The van der Waals surface area contributed by atoms with Gasteiger partial charge in [0.05, 0.1) is 18.1 Å². The third kappa shape index (κ3) is 4.42. The molecule has 0 spiro atoms. The summed E-state index contributed by atoms with van der Waals surface area (Å²) in [5, 5.41) is 11.1. The molecule has 0 amide bonds. The lowest BCUT2D eigenvalue weighted by Gasteiger charge is -2.17. The Balaban J connectivity index is 1.44. The molecule has 1 unspecified atom stereocenters. The predicted octanol–water partition coefficient (Wildman–Crippen LogP) is 4.19. The van der Waals surface area contributed by atoms with E-state index in [1.165, 1.54) is 0 Å². The number of aromatic amines is 1. The van der Waals surface area contributed by atoms with Crippen LogP contribution in [0.3, 0.4) is 0 Å². The van der Waals surface area contributed by atoms with Gasteiger partial charge in [0.1, 0.15) is 16.7 Å². The Morgan fingerprint density at radius 3 is 2.82 bits per heavy atom. The fourth-order valence-electron chi connectivity index (χ4n) is 4.42. The standard InChI is InChI=1S/C27H26N2O4S/c1-17(31)18-5-4-6-19(11-18)21-12-20-9-10-33-27(20)26(14-21)34(32)29-23(16-30)13-22-15-28-25-8-3-2-7-24(22)25/h2-8,11-12,14-15,23,28-30H,9-10,13,16H2,1H3/t23-,34?/m1/s1. The van der Waals surface area contributed by atoms with Gasteiger partial charge in [-0.2, -0.15) is 0 Å². The van der Waals surface area contributed by atoms with Crippen LogP contribution in [0.2, 0.25) is 0 Å². The first-order valence-corrected chi connectivity index (χ1v) is 12.4. The minimum absolute atomic E-state index is 0.000113. The van der Waals surface area contributed by atoms with E-state index in [-0.39, 0.29) is 12.4 Å². The van der Waals surface area contributed by atoms with E-state index in [2.05, 4.69) is 9.71 Å². The van der Waals surface area contributed by atoms with Gasteiger partial charge in [-0.25, -0.2) is 8.93 Å². The molecule has 3 N–H and O–H groups in total. The van der Waals surface area contributed by atoms with Gasteiger partial charge in [0.2, 0.25) is 0 Å². The fraction of sp³-hybridized carbons (Fsp3) is 0.222. The minimum Gasteiger partial charge on any atom is -0.492 e. The molecule has 174 valence electrons. The first-order chi connectivity index (χ1) is 16.5. The highest BCUT2D eigenvalue weighted by Gasteiger charge is 2.24. The van der Waals surface area contributed by atoms with E-state index in [4.69, 9.17) is 4.74 Å². The lowest BCUT2D eigenvalue weighted by atomic mass is 9.99. The number of ether oxygens (including phenoxy) is 1. The Hall–Kier alpha value is -3.26. The number of H-pyrrole nitrogens is 1. The molecule has 1 aliphatic heterocycles. The molecule has 3 aromatic carbocycles. The van der Waals surface area contributed by atoms with Gasteiger partial charge in [0.25, 0.3) is 0 Å². The molecule has 4 aromatic rings. The zero-order chi connectivity index (χ0) is 23.7. The molecule has 0 radical (unpaired) electrons. The van der Waals surface area contributed by atoms with Crippen LogP contribution in [0.15, 0.2) is 71.8 Å². The van der Waals surface area contributed by atoms with Crippen LogP contribution < -0.4 is 9.46 Å². The monoisotopic (exact) mass is 474 g/mol. The number of rotatable bonds is 8. The van der Waals surface area contributed by atoms with Crippen molar-refractivity contribution >= 4 is 27.7 Å². The van der Waals surface area contributed by atoms with Gasteiger partial charge >= 0.3 is 0 Å². The molecule has 6 nitrogen and oxygen atoms in total. The molecule has 34 heavy (non-hydrogen) atoms. The topological polar surface area (TPSA) is 91.4 Å². The molecule has 2 atom stereocenters. The van der Waals surface area contributed by atoms with E-state index in [1.54, 1.807) is 13.0 Å². The van der Waals surface area contributed by atoms with Crippen molar-refractivity contribution in [3.63, 3.8) is 0 Å². The van der Waals surface area contributed by atoms with Gasteiger partial charge in [0, 0.05) is 35.1 Å². The second-order valence-corrected chi connectivity index (χ2v) is 9.74. The van der Waals surface area contributed by atoms with Crippen LogP contribution in [-0.2, 0) is 23.8 Å². The molecule has 0 saturated heterocycles. The first kappa shape index (κ1) is 22.5. The number of hydrogen-bond acceptors (Lipinski definition) is 4. The SMILES string of the molecule is CC(=O)c1cccc(-c2cc3c(c(S(=O)N[C@@H](CO)Cc4c[nH]c5ccccc45)c2)OCC3)c1. The number of fused-ring (bicyclic) bond motifs is 2. The van der Waals surface area contributed by atoms with E-state index in [0.29, 0.717) is 29.2 Å². The second kappa shape index (κ2) is 9.54. The van der Waals surface area contributed by atoms with Gasteiger partial charge in [-0.3, -0.25) is 4.79 Å². The van der Waals surface area contributed by atoms with E-state index < -0.39 is 17.0 Å². The van der Waals surface area contributed by atoms with Crippen LogP contribution in [0.1, 0.15) is 28.4 Å². The average Bonchev–Trinajstić information content (AvgIpc) is 3.50. The van der Waals surface area contributed by atoms with Crippen molar-refractivity contribution in [2.24, 2.45) is 0 Å². The molecule has 0 saturated carbocycles. The van der Waals surface area contributed by atoms with Crippen molar-refractivity contribution in [3.8, 4) is 16.9 Å². The van der Waals surface area contributed by atoms with Crippen molar-refractivity contribution in [2.45, 2.75) is 30.7 Å². The quantitative estimate of drug-likeness (QED) is 0.334. The lowest BCUT2D eigenvalue weighted by Crippen LogP contribution is -2.36. The number of carbonyl (C=O) groups is 1. The zero-order valence-corrected chi connectivity index (χ0v) is 19.7. The normalized spacial score (nSPS) is 14.5. The molecule has 0 fully saturated rings. The number of para-hydroxylation sites is 1. The molecule has 1 aromatic heterocycles. The smallest absolute Gasteiger partial charge is 0.159 e. The van der Waals surface area contributed by atoms with Crippen molar-refractivity contribution in [2.75, 3.05) is 13.2 Å². The van der Waals surface area contributed by atoms with E-state index in [9.17, 15) is 14.1 Å². The zero-order valence-electron chi connectivity index (χ0n) is 18.8. The number of Topliss-reactive ketones (excluding diaryl/α,β-unsaturated/α-hetero) is 1. The summed E-state index contributed by atoms with van der Waals surface area (Å²) >= 11 is 0. The van der Waals surface area contributed by atoms with Crippen molar-refractivity contribution in [1.29, 1.82) is 0 Å². The van der Waals surface area contributed by atoms with Crippen LogP contribution in [0.4, 0.5) is 0 Å². The van der Waals surface area contributed by atoms with Crippen molar-refractivity contribution in [3.05, 3.63) is 83.6 Å². The predicted molar refractivity (Wildman–Crippen MR) is 134 cm³/mol. The van der Waals surface area contributed by atoms with Gasteiger partial charge in [-0.1, -0.05) is 36.4 Å². The maximum absolute atomic E-state index is 13.5. The third-order valence-corrected chi connectivity index (χ3v) is 7.44. The molecular formula is C27H26N2O4S. The van der Waals surface area contributed by atoms with E-state index >= 15 is 0 Å². The van der Waals surface area contributed by atoms with Gasteiger partial charge in [0.15, 0.2) is 5.78 Å².